The number of anilines is 2. The van der Waals surface area contributed by atoms with Gasteiger partial charge in [-0.2, -0.15) is 0 Å². The van der Waals surface area contributed by atoms with Gasteiger partial charge in [0.2, 0.25) is 0 Å². The fourth-order valence-corrected chi connectivity index (χ4v) is 1.74. The summed E-state index contributed by atoms with van der Waals surface area (Å²) in [6.45, 7) is 2.05. The first kappa shape index (κ1) is 12.1. The monoisotopic (exact) mass is 240 g/mol. The van der Waals surface area contributed by atoms with Crippen LogP contribution in [0.25, 0.3) is 0 Å². The zero-order valence-electron chi connectivity index (χ0n) is 10.5. The number of nitrogens with one attached hydrogen (secondary N) is 1. The Morgan fingerprint density at radius 1 is 1.28 bits per heavy atom. The van der Waals surface area contributed by atoms with Crippen molar-refractivity contribution in [2.24, 2.45) is 5.73 Å². The van der Waals surface area contributed by atoms with Gasteiger partial charge in [0.25, 0.3) is 0 Å². The molecule has 2 rings (SSSR count). The normalized spacial score (nSPS) is 10.1. The van der Waals surface area contributed by atoms with Gasteiger partial charge < -0.3 is 10.6 Å². The standard InChI is InChI=1S/C14H16N4/c1-10-4-3-5-12(8-10)18(2)13-9-11(14(15)16)6-7-17-13/h3-9H,1-2H3,(H3,15,16). The summed E-state index contributed by atoms with van der Waals surface area (Å²) in [4.78, 5) is 6.27. The van der Waals surface area contributed by atoms with Gasteiger partial charge in [0, 0.05) is 24.5 Å². The summed E-state index contributed by atoms with van der Waals surface area (Å²) >= 11 is 0. The fraction of sp³-hybridized carbons (Fsp3) is 0.143. The number of nitrogen functional groups attached to an aromatic ring is 1. The Morgan fingerprint density at radius 2 is 2.06 bits per heavy atom. The quantitative estimate of drug-likeness (QED) is 0.639. The van der Waals surface area contributed by atoms with Crippen LogP contribution in [0.5, 0.6) is 0 Å². The van der Waals surface area contributed by atoms with Gasteiger partial charge in [-0.05, 0) is 36.8 Å². The lowest BCUT2D eigenvalue weighted by Crippen LogP contribution is -2.15. The Morgan fingerprint density at radius 3 is 2.72 bits per heavy atom. The van der Waals surface area contributed by atoms with E-state index in [0.29, 0.717) is 5.56 Å². The summed E-state index contributed by atoms with van der Waals surface area (Å²) in [6.07, 6.45) is 1.67. The van der Waals surface area contributed by atoms with Crippen LogP contribution in [0.3, 0.4) is 0 Å². The average Bonchev–Trinajstić information content (AvgIpc) is 2.38. The Kier molecular flexibility index (Phi) is 3.28. The van der Waals surface area contributed by atoms with E-state index >= 15 is 0 Å². The van der Waals surface area contributed by atoms with Crippen molar-refractivity contribution in [3.8, 4) is 0 Å². The van der Waals surface area contributed by atoms with Crippen LogP contribution < -0.4 is 10.6 Å². The highest BCUT2D eigenvalue weighted by Gasteiger charge is 2.07. The molecule has 0 radical (unpaired) electrons. The second-order valence-corrected chi connectivity index (χ2v) is 4.21. The summed E-state index contributed by atoms with van der Waals surface area (Å²) in [5, 5.41) is 7.44. The number of benzene rings is 1. The Hall–Kier alpha value is -2.36. The first-order valence-corrected chi connectivity index (χ1v) is 5.69. The van der Waals surface area contributed by atoms with Crippen LogP contribution in [0.2, 0.25) is 0 Å². The van der Waals surface area contributed by atoms with Crippen molar-refractivity contribution in [2.75, 3.05) is 11.9 Å². The molecule has 0 aliphatic heterocycles. The molecule has 0 atom stereocenters. The summed E-state index contributed by atoms with van der Waals surface area (Å²) in [6, 6.07) is 11.7. The van der Waals surface area contributed by atoms with Crippen LogP contribution in [0.15, 0.2) is 42.6 Å². The minimum Gasteiger partial charge on any atom is -0.384 e. The molecule has 0 saturated carbocycles. The van der Waals surface area contributed by atoms with E-state index in [0.717, 1.165) is 11.5 Å². The topological polar surface area (TPSA) is 66.0 Å². The molecule has 0 saturated heterocycles. The lowest BCUT2D eigenvalue weighted by Gasteiger charge is -2.19. The third-order valence-electron chi connectivity index (χ3n) is 2.79. The van der Waals surface area contributed by atoms with Crippen molar-refractivity contribution in [2.45, 2.75) is 6.92 Å². The number of amidine groups is 1. The molecule has 1 aromatic heterocycles. The number of pyridine rings is 1. The van der Waals surface area contributed by atoms with E-state index in [4.69, 9.17) is 11.1 Å². The molecular weight excluding hydrogens is 224 g/mol. The molecule has 0 bridgehead atoms. The maximum absolute atomic E-state index is 7.44. The predicted molar refractivity (Wildman–Crippen MR) is 74.5 cm³/mol. The van der Waals surface area contributed by atoms with Crippen LogP contribution in [0.4, 0.5) is 11.5 Å². The summed E-state index contributed by atoms with van der Waals surface area (Å²) in [5.74, 6) is 0.824. The molecule has 0 amide bonds. The van der Waals surface area contributed by atoms with Crippen LogP contribution in [0, 0.1) is 12.3 Å². The zero-order valence-corrected chi connectivity index (χ0v) is 10.5. The van der Waals surface area contributed by atoms with Gasteiger partial charge in [0.15, 0.2) is 0 Å². The molecule has 0 fully saturated rings. The molecular formula is C14H16N4. The minimum absolute atomic E-state index is 0.0521. The highest BCUT2D eigenvalue weighted by atomic mass is 15.2. The summed E-state index contributed by atoms with van der Waals surface area (Å²) in [7, 11) is 1.95. The smallest absolute Gasteiger partial charge is 0.133 e. The van der Waals surface area contributed by atoms with Crippen molar-refractivity contribution >= 4 is 17.3 Å². The number of nitrogens with two attached hydrogens (primary N) is 1. The van der Waals surface area contributed by atoms with Crippen molar-refractivity contribution in [1.29, 1.82) is 5.41 Å². The molecule has 92 valence electrons. The first-order chi connectivity index (χ1) is 8.58. The lowest BCUT2D eigenvalue weighted by atomic mass is 10.2. The van der Waals surface area contributed by atoms with Crippen molar-refractivity contribution in [3.05, 3.63) is 53.7 Å². The van der Waals surface area contributed by atoms with E-state index in [1.54, 1.807) is 12.3 Å². The van der Waals surface area contributed by atoms with Crippen LogP contribution in [-0.2, 0) is 0 Å². The largest absolute Gasteiger partial charge is 0.384 e. The van der Waals surface area contributed by atoms with Crippen molar-refractivity contribution in [1.82, 2.24) is 4.98 Å². The molecule has 1 aromatic carbocycles. The molecule has 2 aromatic rings. The third kappa shape index (κ3) is 2.48. The SMILES string of the molecule is Cc1cccc(N(C)c2cc(C(=N)N)ccn2)c1. The number of aromatic nitrogens is 1. The number of aryl methyl sites for hydroxylation is 1. The maximum atomic E-state index is 7.44. The maximum Gasteiger partial charge on any atom is 0.133 e. The van der Waals surface area contributed by atoms with E-state index < -0.39 is 0 Å². The van der Waals surface area contributed by atoms with Gasteiger partial charge in [0.1, 0.15) is 11.7 Å². The zero-order chi connectivity index (χ0) is 13.1. The van der Waals surface area contributed by atoms with Crippen LogP contribution in [0.1, 0.15) is 11.1 Å². The van der Waals surface area contributed by atoms with Gasteiger partial charge in [-0.3, -0.25) is 5.41 Å². The number of nitrogens with zero attached hydrogens (tertiary/aromatic N) is 2. The van der Waals surface area contributed by atoms with E-state index in [-0.39, 0.29) is 5.84 Å². The van der Waals surface area contributed by atoms with Crippen molar-refractivity contribution < 1.29 is 0 Å². The van der Waals surface area contributed by atoms with E-state index in [1.807, 2.05) is 30.1 Å². The van der Waals surface area contributed by atoms with Gasteiger partial charge in [0.05, 0.1) is 0 Å². The first-order valence-electron chi connectivity index (χ1n) is 5.69. The molecule has 1 heterocycles. The molecule has 0 unspecified atom stereocenters. The fourth-order valence-electron chi connectivity index (χ4n) is 1.74. The second-order valence-electron chi connectivity index (χ2n) is 4.21. The third-order valence-corrected chi connectivity index (χ3v) is 2.79. The van der Waals surface area contributed by atoms with Gasteiger partial charge in [-0.1, -0.05) is 12.1 Å². The van der Waals surface area contributed by atoms with Crippen LogP contribution >= 0.6 is 0 Å². The van der Waals surface area contributed by atoms with Crippen molar-refractivity contribution in [3.63, 3.8) is 0 Å². The molecule has 0 aliphatic carbocycles. The minimum atomic E-state index is 0.0521. The molecule has 0 aliphatic rings. The predicted octanol–water partition coefficient (Wildman–Crippen LogP) is 2.44. The molecule has 4 heteroatoms. The highest BCUT2D eigenvalue weighted by molar-refractivity contribution is 5.95. The summed E-state index contributed by atoms with van der Waals surface area (Å²) < 4.78 is 0. The Labute approximate surface area is 107 Å². The second kappa shape index (κ2) is 4.87. The van der Waals surface area contributed by atoms with E-state index in [2.05, 4.69) is 24.0 Å². The van der Waals surface area contributed by atoms with Gasteiger partial charge in [-0.25, -0.2) is 4.98 Å². The molecule has 3 N–H and O–H groups in total. The molecule has 18 heavy (non-hydrogen) atoms. The molecule has 4 nitrogen and oxygen atoms in total. The summed E-state index contributed by atoms with van der Waals surface area (Å²) in [5.41, 5.74) is 8.42. The Bertz CT molecular complexity index is 578. The Balaban J connectivity index is 2.36. The number of rotatable bonds is 3. The highest BCUT2D eigenvalue weighted by Crippen LogP contribution is 2.22. The van der Waals surface area contributed by atoms with E-state index in [1.165, 1.54) is 5.56 Å². The lowest BCUT2D eigenvalue weighted by molar-refractivity contribution is 1.12. The van der Waals surface area contributed by atoms with Gasteiger partial charge >= 0.3 is 0 Å². The van der Waals surface area contributed by atoms with E-state index in [9.17, 15) is 0 Å². The molecule has 0 spiro atoms. The number of hydrogen-bond donors (Lipinski definition) is 2. The number of hydrogen-bond acceptors (Lipinski definition) is 3. The van der Waals surface area contributed by atoms with Crippen LogP contribution in [-0.4, -0.2) is 17.9 Å². The average molecular weight is 240 g/mol. The van der Waals surface area contributed by atoms with Gasteiger partial charge in [-0.15, -0.1) is 0 Å².